The molecule has 0 fully saturated rings. The summed E-state index contributed by atoms with van der Waals surface area (Å²) in [4.78, 5) is 39.8. The number of benzene rings is 2. The van der Waals surface area contributed by atoms with E-state index in [0.29, 0.717) is 16.7 Å². The Kier molecular flexibility index (Phi) is 5.44. The first-order valence-electron chi connectivity index (χ1n) is 8.85. The fourth-order valence-corrected chi connectivity index (χ4v) is 3.18. The van der Waals surface area contributed by atoms with Gasteiger partial charge in [0.15, 0.2) is 11.6 Å². The molecule has 1 aliphatic rings. The fraction of sp³-hybridized carbons (Fsp3) is 0.286. The Morgan fingerprint density at radius 1 is 1.11 bits per heavy atom. The molecule has 0 radical (unpaired) electrons. The summed E-state index contributed by atoms with van der Waals surface area (Å²) >= 11 is 0. The maximum Gasteiger partial charge on any atom is 0.261 e. The van der Waals surface area contributed by atoms with Crippen LogP contribution in [0.25, 0.3) is 0 Å². The first kappa shape index (κ1) is 19.5. The van der Waals surface area contributed by atoms with E-state index in [0.717, 1.165) is 10.5 Å². The Morgan fingerprint density at radius 3 is 2.50 bits per heavy atom. The molecule has 0 spiro atoms. The van der Waals surface area contributed by atoms with Crippen LogP contribution >= 0.6 is 0 Å². The van der Waals surface area contributed by atoms with E-state index in [9.17, 15) is 18.8 Å². The SMILES string of the molecule is COc1ccc(CN(C)C(=O)CCN2C(=O)c3ccc(C)cc3C2=O)cc1F. The summed E-state index contributed by atoms with van der Waals surface area (Å²) in [5, 5.41) is 0. The Bertz CT molecular complexity index is 957. The number of hydrogen-bond acceptors (Lipinski definition) is 4. The minimum absolute atomic E-state index is 0.000409. The number of carbonyl (C=O) groups excluding carboxylic acids is 3. The molecule has 0 aliphatic carbocycles. The van der Waals surface area contributed by atoms with Gasteiger partial charge in [0.25, 0.3) is 11.8 Å². The van der Waals surface area contributed by atoms with Gasteiger partial charge in [0.05, 0.1) is 18.2 Å². The summed E-state index contributed by atoms with van der Waals surface area (Å²) < 4.78 is 18.7. The summed E-state index contributed by atoms with van der Waals surface area (Å²) in [5.41, 5.74) is 2.25. The van der Waals surface area contributed by atoms with Crippen LogP contribution < -0.4 is 4.74 Å². The normalized spacial score (nSPS) is 12.9. The largest absolute Gasteiger partial charge is 0.494 e. The number of ether oxygens (including phenoxy) is 1. The lowest BCUT2D eigenvalue weighted by Gasteiger charge is -2.19. The lowest BCUT2D eigenvalue weighted by Crippen LogP contribution is -2.35. The Labute approximate surface area is 162 Å². The van der Waals surface area contributed by atoms with Crippen LogP contribution in [0.2, 0.25) is 0 Å². The average Bonchev–Trinajstić information content (AvgIpc) is 2.89. The number of methoxy groups -OCH3 is 1. The second-order valence-corrected chi connectivity index (χ2v) is 6.78. The first-order chi connectivity index (χ1) is 13.3. The highest BCUT2D eigenvalue weighted by molar-refractivity contribution is 6.21. The molecule has 3 rings (SSSR count). The van der Waals surface area contributed by atoms with E-state index in [1.807, 2.05) is 6.92 Å². The predicted octanol–water partition coefficient (Wildman–Crippen LogP) is 2.79. The summed E-state index contributed by atoms with van der Waals surface area (Å²) in [7, 11) is 2.98. The van der Waals surface area contributed by atoms with E-state index in [-0.39, 0.29) is 43.0 Å². The van der Waals surface area contributed by atoms with E-state index < -0.39 is 5.82 Å². The van der Waals surface area contributed by atoms with Crippen LogP contribution in [-0.2, 0) is 11.3 Å². The van der Waals surface area contributed by atoms with Crippen molar-refractivity contribution < 1.29 is 23.5 Å². The number of carbonyl (C=O) groups is 3. The molecule has 2 aromatic carbocycles. The third kappa shape index (κ3) is 3.74. The summed E-state index contributed by atoms with van der Waals surface area (Å²) in [5.74, 6) is -1.37. The van der Waals surface area contributed by atoms with Crippen molar-refractivity contribution in [3.05, 3.63) is 64.5 Å². The van der Waals surface area contributed by atoms with Crippen LogP contribution in [0, 0.1) is 12.7 Å². The molecule has 146 valence electrons. The zero-order valence-corrected chi connectivity index (χ0v) is 16.0. The van der Waals surface area contributed by atoms with Crippen LogP contribution in [0.5, 0.6) is 5.75 Å². The minimum Gasteiger partial charge on any atom is -0.494 e. The van der Waals surface area contributed by atoms with E-state index in [1.54, 1.807) is 31.3 Å². The molecule has 0 atom stereocenters. The van der Waals surface area contributed by atoms with Crippen molar-refractivity contribution in [1.29, 1.82) is 0 Å². The zero-order chi connectivity index (χ0) is 20.4. The highest BCUT2D eigenvalue weighted by Crippen LogP contribution is 2.24. The van der Waals surface area contributed by atoms with Gasteiger partial charge in [-0.2, -0.15) is 0 Å². The smallest absolute Gasteiger partial charge is 0.261 e. The Hall–Kier alpha value is -3.22. The molecule has 28 heavy (non-hydrogen) atoms. The van der Waals surface area contributed by atoms with Gasteiger partial charge in [-0.05, 0) is 36.8 Å². The van der Waals surface area contributed by atoms with Gasteiger partial charge in [0.2, 0.25) is 5.91 Å². The highest BCUT2D eigenvalue weighted by Gasteiger charge is 2.35. The van der Waals surface area contributed by atoms with E-state index in [2.05, 4.69) is 0 Å². The fourth-order valence-electron chi connectivity index (χ4n) is 3.18. The maximum absolute atomic E-state index is 13.8. The molecule has 1 aliphatic heterocycles. The minimum atomic E-state index is -0.498. The van der Waals surface area contributed by atoms with Crippen molar-refractivity contribution in [3.8, 4) is 5.75 Å². The van der Waals surface area contributed by atoms with Gasteiger partial charge in [0.1, 0.15) is 0 Å². The van der Waals surface area contributed by atoms with Crippen molar-refractivity contribution in [2.75, 3.05) is 20.7 Å². The summed E-state index contributed by atoms with van der Waals surface area (Å²) in [6, 6.07) is 9.59. The molecular weight excluding hydrogens is 363 g/mol. The second-order valence-electron chi connectivity index (χ2n) is 6.78. The lowest BCUT2D eigenvalue weighted by atomic mass is 10.1. The van der Waals surface area contributed by atoms with Crippen molar-refractivity contribution in [2.45, 2.75) is 19.9 Å². The third-order valence-electron chi connectivity index (χ3n) is 4.74. The zero-order valence-electron chi connectivity index (χ0n) is 16.0. The molecule has 0 N–H and O–H groups in total. The van der Waals surface area contributed by atoms with Gasteiger partial charge < -0.3 is 9.64 Å². The van der Waals surface area contributed by atoms with Gasteiger partial charge >= 0.3 is 0 Å². The standard InChI is InChI=1S/C21H21FN2O4/c1-13-4-6-15-16(10-13)21(27)24(20(15)26)9-8-19(25)23(2)12-14-5-7-18(28-3)17(22)11-14/h4-7,10-11H,8-9,12H2,1-3H3. The van der Waals surface area contributed by atoms with Gasteiger partial charge in [0, 0.05) is 26.6 Å². The highest BCUT2D eigenvalue weighted by atomic mass is 19.1. The number of amides is 3. The molecule has 0 unspecified atom stereocenters. The molecular formula is C21H21FN2O4. The van der Waals surface area contributed by atoms with Crippen LogP contribution in [-0.4, -0.2) is 48.2 Å². The number of fused-ring (bicyclic) bond motifs is 1. The van der Waals surface area contributed by atoms with E-state index in [1.165, 1.54) is 24.1 Å². The quantitative estimate of drug-likeness (QED) is 0.719. The maximum atomic E-state index is 13.8. The number of aryl methyl sites for hydroxylation is 1. The molecule has 0 aromatic heterocycles. The van der Waals surface area contributed by atoms with Crippen molar-refractivity contribution in [2.24, 2.45) is 0 Å². The molecule has 7 heteroatoms. The van der Waals surface area contributed by atoms with E-state index in [4.69, 9.17) is 4.74 Å². The predicted molar refractivity (Wildman–Crippen MR) is 101 cm³/mol. The molecule has 1 heterocycles. The molecule has 2 aromatic rings. The Morgan fingerprint density at radius 2 is 1.82 bits per heavy atom. The number of nitrogens with zero attached hydrogens (tertiary/aromatic N) is 2. The summed E-state index contributed by atoms with van der Waals surface area (Å²) in [6.45, 7) is 2.06. The van der Waals surface area contributed by atoms with Crippen molar-refractivity contribution in [1.82, 2.24) is 9.80 Å². The third-order valence-corrected chi connectivity index (χ3v) is 4.74. The molecule has 3 amide bonds. The number of halogens is 1. The topological polar surface area (TPSA) is 66.9 Å². The first-order valence-corrected chi connectivity index (χ1v) is 8.85. The molecule has 0 saturated carbocycles. The van der Waals surface area contributed by atoms with Gasteiger partial charge in [-0.3, -0.25) is 19.3 Å². The summed E-state index contributed by atoms with van der Waals surface area (Å²) in [6.07, 6.45) is -0.000409. The second kappa shape index (κ2) is 7.80. The van der Waals surface area contributed by atoms with Gasteiger partial charge in [-0.1, -0.05) is 17.7 Å². The lowest BCUT2D eigenvalue weighted by molar-refractivity contribution is -0.130. The van der Waals surface area contributed by atoms with Crippen LogP contribution in [0.1, 0.15) is 38.3 Å². The van der Waals surface area contributed by atoms with Gasteiger partial charge in [-0.15, -0.1) is 0 Å². The van der Waals surface area contributed by atoms with Crippen molar-refractivity contribution >= 4 is 17.7 Å². The molecule has 0 saturated heterocycles. The van der Waals surface area contributed by atoms with Crippen molar-refractivity contribution in [3.63, 3.8) is 0 Å². The molecule has 6 nitrogen and oxygen atoms in total. The van der Waals surface area contributed by atoms with E-state index >= 15 is 0 Å². The van der Waals surface area contributed by atoms with Gasteiger partial charge in [-0.25, -0.2) is 4.39 Å². The number of imide groups is 1. The Balaban J connectivity index is 1.60. The van der Waals surface area contributed by atoms with Crippen LogP contribution in [0.4, 0.5) is 4.39 Å². The average molecular weight is 384 g/mol. The number of hydrogen-bond donors (Lipinski definition) is 0. The number of rotatable bonds is 6. The van der Waals surface area contributed by atoms with Crippen LogP contribution in [0.15, 0.2) is 36.4 Å². The molecule has 0 bridgehead atoms. The van der Waals surface area contributed by atoms with Crippen LogP contribution in [0.3, 0.4) is 0 Å². The monoisotopic (exact) mass is 384 g/mol.